The van der Waals surface area contributed by atoms with Crippen molar-refractivity contribution >= 4 is 23.4 Å². The molecule has 1 spiro atoms. The number of nitrogens with one attached hydrogen (secondary N) is 2. The maximum atomic E-state index is 14.0. The minimum Gasteiger partial charge on any atom is -0.394 e. The van der Waals surface area contributed by atoms with Gasteiger partial charge in [-0.1, -0.05) is 32.0 Å². The molecule has 6 atom stereocenters. The summed E-state index contributed by atoms with van der Waals surface area (Å²) in [5, 5.41) is 16.0. The monoisotopic (exact) mass is 457 g/mol. The summed E-state index contributed by atoms with van der Waals surface area (Å²) >= 11 is 0. The van der Waals surface area contributed by atoms with Crippen molar-refractivity contribution in [2.24, 2.45) is 17.8 Å². The Morgan fingerprint density at radius 3 is 2.39 bits per heavy atom. The number of carbonyl (C=O) groups excluding carboxylic acids is 3. The average molecular weight is 458 g/mol. The van der Waals surface area contributed by atoms with Crippen molar-refractivity contribution in [1.82, 2.24) is 10.2 Å². The van der Waals surface area contributed by atoms with Crippen molar-refractivity contribution in [3.63, 3.8) is 0 Å². The number of hydrogen-bond acceptors (Lipinski definition) is 5. The average Bonchev–Trinajstić information content (AvgIpc) is 3.30. The van der Waals surface area contributed by atoms with E-state index < -0.39 is 35.1 Å². The maximum absolute atomic E-state index is 14.0. The van der Waals surface area contributed by atoms with Crippen LogP contribution in [0.4, 0.5) is 5.69 Å². The second kappa shape index (κ2) is 8.40. The van der Waals surface area contributed by atoms with Crippen molar-refractivity contribution in [3.05, 3.63) is 30.3 Å². The van der Waals surface area contributed by atoms with Gasteiger partial charge in [0.15, 0.2) is 0 Å². The predicted molar refractivity (Wildman–Crippen MR) is 123 cm³/mol. The van der Waals surface area contributed by atoms with Crippen LogP contribution in [0.1, 0.15) is 47.5 Å². The first kappa shape index (κ1) is 23.7. The van der Waals surface area contributed by atoms with Crippen LogP contribution in [0, 0.1) is 17.8 Å². The van der Waals surface area contributed by atoms with Gasteiger partial charge in [-0.25, -0.2) is 0 Å². The minimum absolute atomic E-state index is 0.0760. The van der Waals surface area contributed by atoms with Crippen LogP contribution in [0.5, 0.6) is 0 Å². The Balaban J connectivity index is 1.76. The van der Waals surface area contributed by atoms with E-state index in [4.69, 9.17) is 4.74 Å². The van der Waals surface area contributed by atoms with E-state index in [0.717, 1.165) is 0 Å². The number of para-hydroxylation sites is 1. The van der Waals surface area contributed by atoms with E-state index in [1.165, 1.54) is 4.90 Å². The number of fused-ring (bicyclic) bond motifs is 1. The molecule has 2 unspecified atom stereocenters. The number of nitrogens with zero attached hydrogens (tertiary/aromatic N) is 1. The molecule has 3 amide bonds. The second-order valence-electron chi connectivity index (χ2n) is 10.5. The molecule has 33 heavy (non-hydrogen) atoms. The van der Waals surface area contributed by atoms with E-state index in [1.54, 1.807) is 12.1 Å². The molecule has 8 nitrogen and oxygen atoms in total. The lowest BCUT2D eigenvalue weighted by molar-refractivity contribution is -0.150. The third-order valence-electron chi connectivity index (χ3n) is 7.53. The van der Waals surface area contributed by atoms with Crippen LogP contribution >= 0.6 is 0 Å². The van der Waals surface area contributed by atoms with Gasteiger partial charge in [-0.15, -0.1) is 0 Å². The first-order chi connectivity index (χ1) is 15.6. The maximum Gasteiger partial charge on any atom is 0.246 e. The number of hydrogen-bond donors (Lipinski definition) is 3. The molecule has 180 valence electrons. The van der Waals surface area contributed by atoms with Crippen molar-refractivity contribution in [3.8, 4) is 0 Å². The summed E-state index contributed by atoms with van der Waals surface area (Å²) in [5.41, 5.74) is -1.28. The minimum atomic E-state index is -1.09. The summed E-state index contributed by atoms with van der Waals surface area (Å²) in [4.78, 5) is 42.5. The van der Waals surface area contributed by atoms with Gasteiger partial charge in [0.05, 0.1) is 30.1 Å². The van der Waals surface area contributed by atoms with Crippen LogP contribution < -0.4 is 10.6 Å². The Hall–Kier alpha value is -2.45. The molecule has 1 aromatic carbocycles. The number of aliphatic hydroxyl groups is 1. The molecule has 3 aliphatic rings. The number of ether oxygens (including phenoxy) is 1. The van der Waals surface area contributed by atoms with E-state index in [2.05, 4.69) is 10.6 Å². The Morgan fingerprint density at radius 1 is 1.15 bits per heavy atom. The van der Waals surface area contributed by atoms with Gasteiger partial charge in [-0.3, -0.25) is 14.4 Å². The number of likely N-dealkylation sites (tertiary alicyclic amines) is 1. The van der Waals surface area contributed by atoms with Crippen LogP contribution in [-0.4, -0.2) is 63.7 Å². The Morgan fingerprint density at radius 2 is 1.82 bits per heavy atom. The number of rotatable bonds is 7. The fourth-order valence-corrected chi connectivity index (χ4v) is 6.15. The molecule has 3 N–H and O–H groups in total. The first-order valence-electron chi connectivity index (χ1n) is 11.8. The molecule has 0 aliphatic carbocycles. The van der Waals surface area contributed by atoms with E-state index in [0.29, 0.717) is 18.5 Å². The summed E-state index contributed by atoms with van der Waals surface area (Å²) in [6, 6.07) is 7.56. The van der Waals surface area contributed by atoms with Crippen LogP contribution in [0.3, 0.4) is 0 Å². The summed E-state index contributed by atoms with van der Waals surface area (Å²) < 4.78 is 6.57. The highest BCUT2D eigenvalue weighted by Gasteiger charge is 2.78. The Bertz CT molecular complexity index is 935. The quantitative estimate of drug-likeness (QED) is 0.580. The van der Waals surface area contributed by atoms with Gasteiger partial charge in [0, 0.05) is 11.7 Å². The van der Waals surface area contributed by atoms with Gasteiger partial charge >= 0.3 is 0 Å². The highest BCUT2D eigenvalue weighted by atomic mass is 16.5. The Labute approximate surface area is 195 Å². The highest BCUT2D eigenvalue weighted by molar-refractivity contribution is 6.02. The number of anilines is 1. The van der Waals surface area contributed by atoms with Gasteiger partial charge in [0.2, 0.25) is 17.7 Å². The molecule has 0 aromatic heterocycles. The lowest BCUT2D eigenvalue weighted by atomic mass is 9.66. The van der Waals surface area contributed by atoms with Gasteiger partial charge < -0.3 is 25.4 Å². The van der Waals surface area contributed by atoms with Gasteiger partial charge in [0.1, 0.15) is 11.6 Å². The number of amides is 3. The highest BCUT2D eigenvalue weighted by Crippen LogP contribution is 2.63. The number of benzene rings is 1. The van der Waals surface area contributed by atoms with E-state index in [9.17, 15) is 19.5 Å². The van der Waals surface area contributed by atoms with Crippen LogP contribution in [0.15, 0.2) is 30.3 Å². The Kier molecular flexibility index (Phi) is 6.03. The molecule has 3 saturated heterocycles. The largest absolute Gasteiger partial charge is 0.394 e. The van der Waals surface area contributed by atoms with Crippen LogP contribution in [0.2, 0.25) is 0 Å². The predicted octanol–water partition coefficient (Wildman–Crippen LogP) is 1.93. The van der Waals surface area contributed by atoms with Gasteiger partial charge in [0.25, 0.3) is 0 Å². The van der Waals surface area contributed by atoms with Crippen molar-refractivity contribution in [2.45, 2.75) is 76.8 Å². The molecule has 1 aromatic rings. The first-order valence-corrected chi connectivity index (χ1v) is 11.8. The molecule has 3 aliphatic heterocycles. The van der Waals surface area contributed by atoms with E-state index in [-0.39, 0.29) is 36.3 Å². The molecule has 4 rings (SSSR count). The summed E-state index contributed by atoms with van der Waals surface area (Å²) in [6.07, 6.45) is 1.09. The number of carbonyl (C=O) groups is 3. The standard InChI is InChI=1S/C25H35N3O5/c1-14(2)17(13-29)28-20(22(31)26-15(3)4)25-12-11-24(5,33-25)18(19(25)23(28)32)21(30)27-16-9-7-6-8-10-16/h6-10,14-15,17-20,29H,11-13H2,1-5H3,(H,26,31)(H,27,30)/t17-,18+,19-,20?,24-,25?/m0/s1. The fourth-order valence-electron chi connectivity index (χ4n) is 6.15. The molecule has 0 saturated carbocycles. The van der Waals surface area contributed by atoms with Gasteiger partial charge in [-0.2, -0.15) is 0 Å². The smallest absolute Gasteiger partial charge is 0.246 e. The lowest BCUT2D eigenvalue weighted by Gasteiger charge is -2.38. The molecule has 0 radical (unpaired) electrons. The number of aliphatic hydroxyl groups excluding tert-OH is 1. The third-order valence-corrected chi connectivity index (χ3v) is 7.53. The van der Waals surface area contributed by atoms with E-state index >= 15 is 0 Å². The SMILES string of the molecule is CC(C)NC(=O)C1N([C@@H](CO)C(C)C)C(=O)[C@@H]2[C@H](C(=O)Nc3ccccc3)[C@]3(C)CCC12O3. The molecular weight excluding hydrogens is 422 g/mol. The zero-order chi connectivity index (χ0) is 24.1. The molecule has 8 heteroatoms. The molecule has 2 bridgehead atoms. The second-order valence-corrected chi connectivity index (χ2v) is 10.5. The zero-order valence-electron chi connectivity index (χ0n) is 20.0. The molecule has 3 heterocycles. The zero-order valence-corrected chi connectivity index (χ0v) is 20.0. The summed E-state index contributed by atoms with van der Waals surface area (Å²) in [7, 11) is 0. The van der Waals surface area contributed by atoms with E-state index in [1.807, 2.05) is 52.8 Å². The normalized spacial score (nSPS) is 33.5. The van der Waals surface area contributed by atoms with Gasteiger partial charge in [-0.05, 0) is 51.7 Å². The summed E-state index contributed by atoms with van der Waals surface area (Å²) in [5.74, 6) is -2.46. The van der Waals surface area contributed by atoms with Crippen molar-refractivity contribution in [2.75, 3.05) is 11.9 Å². The molecular formula is C25H35N3O5. The van der Waals surface area contributed by atoms with Crippen LogP contribution in [-0.2, 0) is 19.1 Å². The lowest BCUT2D eigenvalue weighted by Crippen LogP contribution is -2.59. The van der Waals surface area contributed by atoms with Crippen LogP contribution in [0.25, 0.3) is 0 Å². The third kappa shape index (κ3) is 3.64. The molecule has 3 fully saturated rings. The topological polar surface area (TPSA) is 108 Å². The van der Waals surface area contributed by atoms with Crippen molar-refractivity contribution < 1.29 is 24.2 Å². The summed E-state index contributed by atoms with van der Waals surface area (Å²) in [6.45, 7) is 9.16. The van der Waals surface area contributed by atoms with Crippen molar-refractivity contribution in [1.29, 1.82) is 0 Å². The fraction of sp³-hybridized carbons (Fsp3) is 0.640.